The molecular weight excluding hydrogens is 288 g/mol. The smallest absolute Gasteiger partial charge is 0.255 e. The summed E-state index contributed by atoms with van der Waals surface area (Å²) in [5, 5.41) is 5.97. The fraction of sp³-hybridized carbons (Fsp3) is 0.533. The molecule has 124 valence electrons. The van der Waals surface area contributed by atoms with E-state index in [4.69, 9.17) is 18.9 Å². The molecule has 0 saturated carbocycles. The molecule has 7 nitrogen and oxygen atoms in total. The van der Waals surface area contributed by atoms with Gasteiger partial charge in [-0.25, -0.2) is 0 Å². The van der Waals surface area contributed by atoms with E-state index in [1.165, 1.54) is 21.3 Å². The number of ether oxygens (including phenoxy) is 4. The molecule has 0 fully saturated rings. The van der Waals surface area contributed by atoms with Gasteiger partial charge in [0, 0.05) is 38.9 Å². The van der Waals surface area contributed by atoms with Gasteiger partial charge in [-0.05, 0) is 0 Å². The van der Waals surface area contributed by atoms with Crippen LogP contribution in [0.4, 0.5) is 0 Å². The lowest BCUT2D eigenvalue weighted by atomic mass is 10.1. The number of hydrogen-bond donors (Lipinski definition) is 2. The van der Waals surface area contributed by atoms with Crippen molar-refractivity contribution in [2.24, 2.45) is 0 Å². The Labute approximate surface area is 130 Å². The van der Waals surface area contributed by atoms with Crippen LogP contribution in [0.3, 0.4) is 0 Å². The first-order chi connectivity index (χ1) is 10.7. The van der Waals surface area contributed by atoms with Crippen LogP contribution in [0.15, 0.2) is 12.1 Å². The lowest BCUT2D eigenvalue weighted by Gasteiger charge is -2.14. The standard InChI is InChI=1S/C15H24N2O5/c1-19-8-7-16-5-6-17-15(18)11-9-13(21-3)14(22-4)10-12(11)20-2/h9-10,16H,5-8H2,1-4H3,(H,17,18). The molecule has 2 N–H and O–H groups in total. The minimum Gasteiger partial charge on any atom is -0.496 e. The zero-order chi connectivity index (χ0) is 16.4. The van der Waals surface area contributed by atoms with Gasteiger partial charge in [0.15, 0.2) is 11.5 Å². The minimum atomic E-state index is -0.230. The average Bonchev–Trinajstić information content (AvgIpc) is 2.56. The first-order valence-electron chi connectivity index (χ1n) is 6.95. The maximum Gasteiger partial charge on any atom is 0.255 e. The molecule has 22 heavy (non-hydrogen) atoms. The molecule has 1 aromatic carbocycles. The van der Waals surface area contributed by atoms with Crippen molar-refractivity contribution in [2.45, 2.75) is 0 Å². The molecule has 0 aliphatic rings. The predicted octanol–water partition coefficient (Wildman–Crippen LogP) is 0.678. The molecule has 0 heterocycles. The number of benzene rings is 1. The van der Waals surface area contributed by atoms with E-state index in [1.54, 1.807) is 19.2 Å². The van der Waals surface area contributed by atoms with Gasteiger partial charge < -0.3 is 29.6 Å². The summed E-state index contributed by atoms with van der Waals surface area (Å²) in [7, 11) is 6.20. The van der Waals surface area contributed by atoms with Crippen molar-refractivity contribution in [3.05, 3.63) is 17.7 Å². The summed E-state index contributed by atoms with van der Waals surface area (Å²) in [4.78, 5) is 12.2. The quantitative estimate of drug-likeness (QED) is 0.619. The zero-order valence-corrected chi connectivity index (χ0v) is 13.5. The Kier molecular flexibility index (Phi) is 8.09. The Bertz CT molecular complexity index is 479. The second-order valence-electron chi connectivity index (χ2n) is 4.41. The maximum absolute atomic E-state index is 12.2. The molecule has 1 aromatic rings. The number of methoxy groups -OCH3 is 4. The van der Waals surface area contributed by atoms with Crippen LogP contribution in [0, 0.1) is 0 Å². The van der Waals surface area contributed by atoms with Crippen LogP contribution in [-0.2, 0) is 4.74 Å². The van der Waals surface area contributed by atoms with Gasteiger partial charge in [-0.1, -0.05) is 0 Å². The van der Waals surface area contributed by atoms with Gasteiger partial charge in [0.1, 0.15) is 5.75 Å². The largest absolute Gasteiger partial charge is 0.496 e. The van der Waals surface area contributed by atoms with Crippen molar-refractivity contribution in [1.82, 2.24) is 10.6 Å². The maximum atomic E-state index is 12.2. The molecule has 0 unspecified atom stereocenters. The van der Waals surface area contributed by atoms with Gasteiger partial charge in [0.05, 0.1) is 33.5 Å². The Balaban J connectivity index is 2.67. The van der Waals surface area contributed by atoms with E-state index < -0.39 is 0 Å². The molecule has 0 bridgehead atoms. The predicted molar refractivity (Wildman–Crippen MR) is 83.2 cm³/mol. The van der Waals surface area contributed by atoms with E-state index in [0.29, 0.717) is 42.5 Å². The molecule has 1 amide bonds. The summed E-state index contributed by atoms with van der Waals surface area (Å²) >= 11 is 0. The third kappa shape index (κ3) is 5.09. The van der Waals surface area contributed by atoms with Gasteiger partial charge in [0.25, 0.3) is 5.91 Å². The zero-order valence-electron chi connectivity index (χ0n) is 13.5. The first-order valence-corrected chi connectivity index (χ1v) is 6.95. The van der Waals surface area contributed by atoms with E-state index in [9.17, 15) is 4.79 Å². The van der Waals surface area contributed by atoms with Crippen LogP contribution < -0.4 is 24.8 Å². The summed E-state index contributed by atoms with van der Waals surface area (Å²) < 4.78 is 20.6. The lowest BCUT2D eigenvalue weighted by Crippen LogP contribution is -2.33. The van der Waals surface area contributed by atoms with E-state index >= 15 is 0 Å². The van der Waals surface area contributed by atoms with E-state index in [2.05, 4.69) is 10.6 Å². The highest BCUT2D eigenvalue weighted by Crippen LogP contribution is 2.34. The van der Waals surface area contributed by atoms with Gasteiger partial charge in [-0.3, -0.25) is 4.79 Å². The Morgan fingerprint density at radius 2 is 1.55 bits per heavy atom. The third-order valence-electron chi connectivity index (χ3n) is 3.02. The molecule has 0 spiro atoms. The topological polar surface area (TPSA) is 78.1 Å². The summed E-state index contributed by atoms with van der Waals surface area (Å²) in [5.41, 5.74) is 0.400. The van der Waals surface area contributed by atoms with Gasteiger partial charge >= 0.3 is 0 Å². The second kappa shape index (κ2) is 9.86. The van der Waals surface area contributed by atoms with Crippen molar-refractivity contribution in [3.8, 4) is 17.2 Å². The number of hydrogen-bond acceptors (Lipinski definition) is 6. The monoisotopic (exact) mass is 312 g/mol. The highest BCUT2D eigenvalue weighted by Gasteiger charge is 2.17. The lowest BCUT2D eigenvalue weighted by molar-refractivity contribution is 0.0950. The van der Waals surface area contributed by atoms with Crippen molar-refractivity contribution in [1.29, 1.82) is 0 Å². The summed E-state index contributed by atoms with van der Waals surface area (Å²) in [6.45, 7) is 2.54. The summed E-state index contributed by atoms with van der Waals surface area (Å²) in [6, 6.07) is 3.23. The van der Waals surface area contributed by atoms with Crippen LogP contribution in [0.1, 0.15) is 10.4 Å². The van der Waals surface area contributed by atoms with Crippen molar-refractivity contribution >= 4 is 5.91 Å². The SMILES string of the molecule is COCCNCCNC(=O)c1cc(OC)c(OC)cc1OC. The van der Waals surface area contributed by atoms with Gasteiger partial charge in [-0.15, -0.1) is 0 Å². The van der Waals surface area contributed by atoms with E-state index in [1.807, 2.05) is 0 Å². The third-order valence-corrected chi connectivity index (χ3v) is 3.02. The summed E-state index contributed by atoms with van der Waals surface area (Å²) in [6.07, 6.45) is 0. The molecule has 0 radical (unpaired) electrons. The molecular formula is C15H24N2O5. The number of rotatable bonds is 10. The molecule has 0 aromatic heterocycles. The average molecular weight is 312 g/mol. The Morgan fingerprint density at radius 3 is 2.14 bits per heavy atom. The van der Waals surface area contributed by atoms with Crippen LogP contribution in [-0.4, -0.2) is 60.6 Å². The fourth-order valence-electron chi connectivity index (χ4n) is 1.87. The van der Waals surface area contributed by atoms with Gasteiger partial charge in [0.2, 0.25) is 0 Å². The second-order valence-corrected chi connectivity index (χ2v) is 4.41. The Morgan fingerprint density at radius 1 is 0.909 bits per heavy atom. The van der Waals surface area contributed by atoms with Crippen molar-refractivity contribution in [2.75, 3.05) is 54.7 Å². The van der Waals surface area contributed by atoms with Crippen LogP contribution >= 0.6 is 0 Å². The number of amides is 1. The highest BCUT2D eigenvalue weighted by molar-refractivity contribution is 5.97. The van der Waals surface area contributed by atoms with E-state index in [0.717, 1.165) is 6.54 Å². The van der Waals surface area contributed by atoms with Crippen LogP contribution in [0.2, 0.25) is 0 Å². The molecule has 7 heteroatoms. The molecule has 0 aliphatic heterocycles. The number of carbonyl (C=O) groups is 1. The van der Waals surface area contributed by atoms with Gasteiger partial charge in [-0.2, -0.15) is 0 Å². The van der Waals surface area contributed by atoms with Crippen LogP contribution in [0.25, 0.3) is 0 Å². The van der Waals surface area contributed by atoms with Crippen LogP contribution in [0.5, 0.6) is 17.2 Å². The molecule has 0 aliphatic carbocycles. The van der Waals surface area contributed by atoms with Crippen molar-refractivity contribution in [3.63, 3.8) is 0 Å². The Hall–Kier alpha value is -1.99. The summed E-state index contributed by atoms with van der Waals surface area (Å²) in [5.74, 6) is 1.19. The number of carbonyl (C=O) groups excluding carboxylic acids is 1. The molecule has 0 atom stereocenters. The number of nitrogens with one attached hydrogen (secondary N) is 2. The highest BCUT2D eigenvalue weighted by atomic mass is 16.5. The molecule has 0 saturated heterocycles. The fourth-order valence-corrected chi connectivity index (χ4v) is 1.87. The van der Waals surface area contributed by atoms with E-state index in [-0.39, 0.29) is 5.91 Å². The normalized spacial score (nSPS) is 10.2. The van der Waals surface area contributed by atoms with Crippen molar-refractivity contribution < 1.29 is 23.7 Å². The first kappa shape index (κ1) is 18.1. The molecule has 1 rings (SSSR count). The minimum absolute atomic E-state index is 0.230.